The van der Waals surface area contributed by atoms with E-state index in [-0.39, 0.29) is 11.7 Å². The lowest BCUT2D eigenvalue weighted by atomic mass is 10.2. The van der Waals surface area contributed by atoms with E-state index in [4.69, 9.17) is 0 Å². The number of aromatic nitrogens is 2. The van der Waals surface area contributed by atoms with Gasteiger partial charge in [-0.05, 0) is 30.5 Å². The highest BCUT2D eigenvalue weighted by atomic mass is 19.1. The highest BCUT2D eigenvalue weighted by molar-refractivity contribution is 5.93. The smallest absolute Gasteiger partial charge is 0.256 e. The molecule has 1 saturated heterocycles. The second kappa shape index (κ2) is 7.86. The molecule has 5 nitrogen and oxygen atoms in total. The maximum Gasteiger partial charge on any atom is 0.256 e. The molecule has 0 atom stereocenters. The molecule has 1 aromatic carbocycles. The second-order valence-electron chi connectivity index (χ2n) is 5.98. The van der Waals surface area contributed by atoms with Crippen molar-refractivity contribution in [2.24, 2.45) is 0 Å². The van der Waals surface area contributed by atoms with Crippen LogP contribution >= 0.6 is 0 Å². The number of hydrogen-bond acceptors (Lipinski definition) is 4. The normalized spacial score (nSPS) is 15.0. The summed E-state index contributed by atoms with van der Waals surface area (Å²) in [6.07, 6.45) is 7.62. The topological polar surface area (TPSA) is 58.1 Å². The highest BCUT2D eigenvalue weighted by Gasteiger charge is 2.17. The fourth-order valence-corrected chi connectivity index (χ4v) is 2.77. The number of carbonyl (C=O) groups excluding carboxylic acids is 1. The fourth-order valence-electron chi connectivity index (χ4n) is 2.77. The summed E-state index contributed by atoms with van der Waals surface area (Å²) in [7, 11) is 0. The largest absolute Gasteiger partial charge is 0.350 e. The lowest BCUT2D eigenvalue weighted by Gasteiger charge is -2.19. The first-order valence-electron chi connectivity index (χ1n) is 8.32. The van der Waals surface area contributed by atoms with Gasteiger partial charge >= 0.3 is 0 Å². The van der Waals surface area contributed by atoms with Crippen LogP contribution in [0.25, 0.3) is 0 Å². The molecule has 0 spiro atoms. The maximum atomic E-state index is 12.9. The molecule has 6 heteroatoms. The minimum Gasteiger partial charge on any atom is -0.350 e. The number of hydrogen-bond donors (Lipinski definition) is 1. The van der Waals surface area contributed by atoms with E-state index in [1.165, 1.54) is 25.0 Å². The first kappa shape index (κ1) is 16.4. The number of carbonyl (C=O) groups is 1. The molecule has 0 unspecified atom stereocenters. The lowest BCUT2D eigenvalue weighted by molar-refractivity contribution is 0.0761. The summed E-state index contributed by atoms with van der Waals surface area (Å²) in [4.78, 5) is 22.8. The van der Waals surface area contributed by atoms with E-state index < -0.39 is 0 Å². The van der Waals surface area contributed by atoms with E-state index in [1.54, 1.807) is 24.5 Å². The van der Waals surface area contributed by atoms with Gasteiger partial charge in [-0.2, -0.15) is 0 Å². The monoisotopic (exact) mass is 328 g/mol. The molecule has 126 valence electrons. The third kappa shape index (κ3) is 4.28. The summed E-state index contributed by atoms with van der Waals surface area (Å²) in [5.74, 6) is 0.195. The van der Waals surface area contributed by atoms with Crippen molar-refractivity contribution < 1.29 is 9.18 Å². The molecule has 0 aliphatic carbocycles. The number of nitrogens with one attached hydrogen (secondary N) is 1. The Bertz CT molecular complexity index is 664. The second-order valence-corrected chi connectivity index (χ2v) is 5.98. The molecule has 1 aliphatic rings. The predicted molar refractivity (Wildman–Crippen MR) is 90.1 cm³/mol. The van der Waals surface area contributed by atoms with Crippen LogP contribution in [-0.2, 0) is 6.54 Å². The average molecular weight is 328 g/mol. The van der Waals surface area contributed by atoms with Crippen molar-refractivity contribution in [1.29, 1.82) is 0 Å². The minimum absolute atomic E-state index is 0.00184. The molecule has 2 aromatic rings. The number of rotatable bonds is 4. The molecule has 1 aromatic heterocycles. The van der Waals surface area contributed by atoms with Crippen LogP contribution in [0, 0.1) is 5.82 Å². The van der Waals surface area contributed by atoms with Crippen molar-refractivity contribution in [2.75, 3.05) is 18.4 Å². The van der Waals surface area contributed by atoms with Crippen LogP contribution in [0.1, 0.15) is 41.6 Å². The highest BCUT2D eigenvalue weighted by Crippen LogP contribution is 2.13. The van der Waals surface area contributed by atoms with Crippen LogP contribution in [-0.4, -0.2) is 33.9 Å². The zero-order valence-electron chi connectivity index (χ0n) is 13.5. The number of likely N-dealkylation sites (tertiary alicyclic amines) is 1. The van der Waals surface area contributed by atoms with Gasteiger partial charge in [0, 0.05) is 32.0 Å². The number of amides is 1. The maximum absolute atomic E-state index is 12.9. The third-order valence-corrected chi connectivity index (χ3v) is 4.16. The zero-order valence-corrected chi connectivity index (χ0v) is 13.5. The average Bonchev–Trinajstić information content (AvgIpc) is 2.90. The fraction of sp³-hybridized carbons (Fsp3) is 0.389. The van der Waals surface area contributed by atoms with Crippen LogP contribution in [0.4, 0.5) is 10.3 Å². The van der Waals surface area contributed by atoms with Crippen LogP contribution in [0.15, 0.2) is 36.7 Å². The summed E-state index contributed by atoms with van der Waals surface area (Å²) in [5.41, 5.74) is 1.45. The molecule has 3 rings (SSSR count). The minimum atomic E-state index is -0.258. The Kier molecular flexibility index (Phi) is 5.36. The Balaban J connectivity index is 1.58. The van der Waals surface area contributed by atoms with E-state index in [0.29, 0.717) is 18.1 Å². The van der Waals surface area contributed by atoms with Gasteiger partial charge in [0.15, 0.2) is 0 Å². The zero-order chi connectivity index (χ0) is 16.8. The Morgan fingerprint density at radius 2 is 1.67 bits per heavy atom. The van der Waals surface area contributed by atoms with Gasteiger partial charge in [0.2, 0.25) is 5.95 Å². The number of nitrogens with zero attached hydrogens (tertiary/aromatic N) is 3. The molecule has 1 N–H and O–H groups in total. The van der Waals surface area contributed by atoms with Crippen molar-refractivity contribution in [3.05, 3.63) is 53.6 Å². The van der Waals surface area contributed by atoms with E-state index in [9.17, 15) is 9.18 Å². The summed E-state index contributed by atoms with van der Waals surface area (Å²) < 4.78 is 12.9. The summed E-state index contributed by atoms with van der Waals surface area (Å²) in [5, 5.41) is 3.07. The molecule has 1 fully saturated rings. The third-order valence-electron chi connectivity index (χ3n) is 4.16. The number of halogens is 1. The van der Waals surface area contributed by atoms with Crippen molar-refractivity contribution in [3.63, 3.8) is 0 Å². The quantitative estimate of drug-likeness (QED) is 0.936. The van der Waals surface area contributed by atoms with Crippen molar-refractivity contribution >= 4 is 11.9 Å². The van der Waals surface area contributed by atoms with Crippen molar-refractivity contribution in [1.82, 2.24) is 14.9 Å². The van der Waals surface area contributed by atoms with Gasteiger partial charge < -0.3 is 10.2 Å². The Morgan fingerprint density at radius 3 is 2.29 bits per heavy atom. The molecule has 2 heterocycles. The Hall–Kier alpha value is -2.50. The van der Waals surface area contributed by atoms with E-state index in [2.05, 4.69) is 15.3 Å². The molecule has 1 aliphatic heterocycles. The van der Waals surface area contributed by atoms with Crippen LogP contribution in [0.5, 0.6) is 0 Å². The Morgan fingerprint density at radius 1 is 1.04 bits per heavy atom. The molecule has 24 heavy (non-hydrogen) atoms. The van der Waals surface area contributed by atoms with E-state index in [0.717, 1.165) is 31.5 Å². The predicted octanol–water partition coefficient (Wildman–Crippen LogP) is 3.24. The first-order chi connectivity index (χ1) is 11.7. The van der Waals surface area contributed by atoms with E-state index in [1.807, 2.05) is 4.90 Å². The van der Waals surface area contributed by atoms with Gasteiger partial charge in [0.25, 0.3) is 5.91 Å². The molecular formula is C18H21FN4O. The lowest BCUT2D eigenvalue weighted by Crippen LogP contribution is -2.32. The number of anilines is 1. The molecular weight excluding hydrogens is 307 g/mol. The van der Waals surface area contributed by atoms with Crippen molar-refractivity contribution in [3.8, 4) is 0 Å². The van der Waals surface area contributed by atoms with Gasteiger partial charge in [0.05, 0.1) is 5.56 Å². The molecule has 0 radical (unpaired) electrons. The van der Waals surface area contributed by atoms with Crippen molar-refractivity contribution in [2.45, 2.75) is 32.2 Å². The molecule has 1 amide bonds. The Labute approximate surface area is 140 Å². The van der Waals surface area contributed by atoms with Crippen LogP contribution in [0.3, 0.4) is 0 Å². The van der Waals surface area contributed by atoms with Gasteiger partial charge in [-0.3, -0.25) is 4.79 Å². The van der Waals surface area contributed by atoms with Gasteiger partial charge in [-0.25, -0.2) is 14.4 Å². The van der Waals surface area contributed by atoms with Crippen LogP contribution < -0.4 is 5.32 Å². The standard InChI is InChI=1S/C18H21FN4O/c19-16-7-5-14(6-8-16)11-20-18-21-12-15(13-22-18)17(24)23-9-3-1-2-4-10-23/h5-8,12-13H,1-4,9-11H2,(H,20,21,22). The molecule has 0 saturated carbocycles. The van der Waals surface area contributed by atoms with Gasteiger partial charge in [0.1, 0.15) is 5.82 Å². The first-order valence-corrected chi connectivity index (χ1v) is 8.32. The van der Waals surface area contributed by atoms with E-state index >= 15 is 0 Å². The summed E-state index contributed by atoms with van der Waals surface area (Å²) >= 11 is 0. The van der Waals surface area contributed by atoms with Gasteiger partial charge in [-0.15, -0.1) is 0 Å². The summed E-state index contributed by atoms with van der Waals surface area (Å²) in [6.45, 7) is 2.12. The molecule has 0 bridgehead atoms. The SMILES string of the molecule is O=C(c1cnc(NCc2ccc(F)cc2)nc1)N1CCCCCC1. The summed E-state index contributed by atoms with van der Waals surface area (Å²) in [6, 6.07) is 6.25. The van der Waals surface area contributed by atoms with Crippen LogP contribution in [0.2, 0.25) is 0 Å². The van der Waals surface area contributed by atoms with Gasteiger partial charge in [-0.1, -0.05) is 25.0 Å². The number of benzene rings is 1.